The largest absolute Gasteiger partial charge is 0.393 e. The lowest BCUT2D eigenvalue weighted by Crippen LogP contribution is -2.38. The van der Waals surface area contributed by atoms with Crippen LogP contribution in [0.4, 0.5) is 0 Å². The van der Waals surface area contributed by atoms with Gasteiger partial charge in [-0.2, -0.15) is 0 Å². The number of aliphatic hydroxyl groups is 1. The van der Waals surface area contributed by atoms with Gasteiger partial charge in [0.15, 0.2) is 0 Å². The Balaban J connectivity index is 1.98. The highest BCUT2D eigenvalue weighted by atomic mass is 16.3. The molecule has 0 aromatic carbocycles. The summed E-state index contributed by atoms with van der Waals surface area (Å²) in [4.78, 5) is 14.3. The van der Waals surface area contributed by atoms with Crippen molar-refractivity contribution in [3.8, 4) is 0 Å². The summed E-state index contributed by atoms with van der Waals surface area (Å²) >= 11 is 0. The molecule has 1 aliphatic carbocycles. The van der Waals surface area contributed by atoms with Gasteiger partial charge in [0.2, 0.25) is 5.91 Å². The number of fused-ring (bicyclic) bond motifs is 2. The quantitative estimate of drug-likeness (QED) is 0.795. The molecule has 4 unspecified atom stereocenters. The van der Waals surface area contributed by atoms with Crippen molar-refractivity contribution in [1.82, 2.24) is 4.90 Å². The molecule has 0 radical (unpaired) electrons. The minimum atomic E-state index is -0.171. The third-order valence-corrected chi connectivity index (χ3v) is 4.21. The first kappa shape index (κ1) is 11.9. The summed E-state index contributed by atoms with van der Waals surface area (Å²) in [5.41, 5.74) is 0. The minimum Gasteiger partial charge on any atom is -0.393 e. The standard InChI is InChI=1S/C13H23NO2/c1-3-4-9(2)13(16)14-8-10-7-11(14)5-6-12(10)15/h9-12,15H,3-8H2,1-2H3. The molecule has 1 N–H and O–H groups in total. The molecule has 0 spiro atoms. The number of carbonyl (C=O) groups excluding carboxylic acids is 1. The smallest absolute Gasteiger partial charge is 0.225 e. The molecule has 3 heteroatoms. The van der Waals surface area contributed by atoms with Crippen molar-refractivity contribution >= 4 is 5.91 Å². The predicted octanol–water partition coefficient (Wildman–Crippen LogP) is 1.79. The Kier molecular flexibility index (Phi) is 3.53. The molecule has 2 aliphatic rings. The van der Waals surface area contributed by atoms with Crippen molar-refractivity contribution in [2.75, 3.05) is 6.54 Å². The second-order valence-electron chi connectivity index (χ2n) is 5.47. The van der Waals surface area contributed by atoms with Crippen LogP contribution in [0.15, 0.2) is 0 Å². The van der Waals surface area contributed by atoms with Gasteiger partial charge in [-0.3, -0.25) is 4.79 Å². The summed E-state index contributed by atoms with van der Waals surface area (Å²) < 4.78 is 0. The Morgan fingerprint density at radius 1 is 1.50 bits per heavy atom. The summed E-state index contributed by atoms with van der Waals surface area (Å²) in [6, 6.07) is 0.417. The molecule has 3 nitrogen and oxygen atoms in total. The minimum absolute atomic E-state index is 0.154. The van der Waals surface area contributed by atoms with E-state index in [4.69, 9.17) is 0 Å². The van der Waals surface area contributed by atoms with Crippen molar-refractivity contribution in [2.24, 2.45) is 11.8 Å². The fraction of sp³-hybridized carbons (Fsp3) is 0.923. The zero-order valence-corrected chi connectivity index (χ0v) is 10.4. The van der Waals surface area contributed by atoms with Crippen molar-refractivity contribution in [2.45, 2.75) is 58.1 Å². The molecule has 4 atom stereocenters. The van der Waals surface area contributed by atoms with Crippen LogP contribution in [0.2, 0.25) is 0 Å². The number of hydrogen-bond acceptors (Lipinski definition) is 2. The Bertz CT molecular complexity index is 267. The van der Waals surface area contributed by atoms with E-state index < -0.39 is 0 Å². The highest BCUT2D eigenvalue weighted by Crippen LogP contribution is 2.36. The van der Waals surface area contributed by atoms with Gasteiger partial charge in [-0.05, 0) is 25.7 Å². The summed E-state index contributed by atoms with van der Waals surface area (Å²) in [5.74, 6) is 0.807. The van der Waals surface area contributed by atoms with E-state index in [0.717, 1.165) is 38.6 Å². The van der Waals surface area contributed by atoms with Crippen LogP contribution in [-0.2, 0) is 4.79 Å². The van der Waals surface area contributed by atoms with Crippen LogP contribution >= 0.6 is 0 Å². The molecule has 92 valence electrons. The van der Waals surface area contributed by atoms with Gasteiger partial charge in [0.1, 0.15) is 0 Å². The summed E-state index contributed by atoms with van der Waals surface area (Å²) in [6.45, 7) is 4.94. The SMILES string of the molecule is CCCC(C)C(=O)N1CC2CC1CCC2O. The molecule has 2 rings (SSSR count). The van der Waals surface area contributed by atoms with Gasteiger partial charge in [0, 0.05) is 24.4 Å². The van der Waals surface area contributed by atoms with Crippen LogP contribution in [0, 0.1) is 11.8 Å². The third-order valence-electron chi connectivity index (χ3n) is 4.21. The molecule has 1 heterocycles. The van der Waals surface area contributed by atoms with E-state index in [1.54, 1.807) is 0 Å². The lowest BCUT2D eigenvalue weighted by Gasteiger charge is -2.27. The molecular weight excluding hydrogens is 202 g/mol. The molecule has 16 heavy (non-hydrogen) atoms. The second-order valence-corrected chi connectivity index (χ2v) is 5.47. The molecule has 0 aromatic rings. The molecule has 1 aliphatic heterocycles. The lowest BCUT2D eigenvalue weighted by atomic mass is 9.88. The molecule has 0 aromatic heterocycles. The maximum Gasteiger partial charge on any atom is 0.225 e. The zero-order chi connectivity index (χ0) is 11.7. The fourth-order valence-electron chi connectivity index (χ4n) is 3.21. The molecule has 2 fully saturated rings. The Labute approximate surface area is 97.8 Å². The van der Waals surface area contributed by atoms with Crippen LogP contribution < -0.4 is 0 Å². The van der Waals surface area contributed by atoms with Crippen molar-refractivity contribution in [1.29, 1.82) is 0 Å². The Morgan fingerprint density at radius 2 is 2.25 bits per heavy atom. The number of nitrogens with zero attached hydrogens (tertiary/aromatic N) is 1. The van der Waals surface area contributed by atoms with Crippen LogP contribution in [0.1, 0.15) is 46.0 Å². The molecule has 1 amide bonds. The van der Waals surface area contributed by atoms with Crippen LogP contribution in [0.3, 0.4) is 0 Å². The summed E-state index contributed by atoms with van der Waals surface area (Å²) in [5, 5.41) is 9.80. The fourth-order valence-corrected chi connectivity index (χ4v) is 3.21. The van der Waals surface area contributed by atoms with E-state index in [0.29, 0.717) is 17.9 Å². The molecule has 1 saturated carbocycles. The van der Waals surface area contributed by atoms with Gasteiger partial charge in [-0.15, -0.1) is 0 Å². The van der Waals surface area contributed by atoms with Gasteiger partial charge in [-0.1, -0.05) is 20.3 Å². The topological polar surface area (TPSA) is 40.5 Å². The first-order valence-electron chi connectivity index (χ1n) is 6.62. The van der Waals surface area contributed by atoms with E-state index in [1.165, 1.54) is 0 Å². The normalized spacial score (nSPS) is 35.2. The van der Waals surface area contributed by atoms with Gasteiger partial charge in [0.25, 0.3) is 0 Å². The maximum atomic E-state index is 12.2. The van der Waals surface area contributed by atoms with E-state index in [9.17, 15) is 9.90 Å². The van der Waals surface area contributed by atoms with E-state index in [1.807, 2.05) is 11.8 Å². The predicted molar refractivity (Wildman–Crippen MR) is 62.9 cm³/mol. The maximum absolute atomic E-state index is 12.2. The first-order chi connectivity index (χ1) is 7.63. The third kappa shape index (κ3) is 2.10. The number of rotatable bonds is 3. The highest BCUT2D eigenvalue weighted by Gasteiger charge is 2.42. The molecule has 2 bridgehead atoms. The van der Waals surface area contributed by atoms with Gasteiger partial charge < -0.3 is 10.0 Å². The number of hydrogen-bond donors (Lipinski definition) is 1. The number of aliphatic hydroxyl groups excluding tert-OH is 1. The summed E-state index contributed by atoms with van der Waals surface area (Å²) in [6.07, 6.45) is 4.76. The highest BCUT2D eigenvalue weighted by molar-refractivity contribution is 5.79. The van der Waals surface area contributed by atoms with E-state index in [2.05, 4.69) is 6.92 Å². The molecule has 1 saturated heterocycles. The van der Waals surface area contributed by atoms with E-state index >= 15 is 0 Å². The first-order valence-corrected chi connectivity index (χ1v) is 6.62. The lowest BCUT2D eigenvalue weighted by molar-refractivity contribution is -0.136. The molecular formula is C13H23NO2. The van der Waals surface area contributed by atoms with Crippen LogP contribution in [0.25, 0.3) is 0 Å². The second kappa shape index (κ2) is 4.74. The Morgan fingerprint density at radius 3 is 2.88 bits per heavy atom. The van der Waals surface area contributed by atoms with Crippen LogP contribution in [-0.4, -0.2) is 34.6 Å². The average Bonchev–Trinajstić information content (AvgIpc) is 2.62. The van der Waals surface area contributed by atoms with Crippen molar-refractivity contribution in [3.63, 3.8) is 0 Å². The van der Waals surface area contributed by atoms with Gasteiger partial charge in [0.05, 0.1) is 6.10 Å². The van der Waals surface area contributed by atoms with E-state index in [-0.39, 0.29) is 12.0 Å². The van der Waals surface area contributed by atoms with Gasteiger partial charge in [-0.25, -0.2) is 0 Å². The number of amides is 1. The van der Waals surface area contributed by atoms with Crippen LogP contribution in [0.5, 0.6) is 0 Å². The van der Waals surface area contributed by atoms with Crippen molar-refractivity contribution < 1.29 is 9.90 Å². The number of carbonyl (C=O) groups is 1. The Hall–Kier alpha value is -0.570. The monoisotopic (exact) mass is 225 g/mol. The summed E-state index contributed by atoms with van der Waals surface area (Å²) in [7, 11) is 0. The van der Waals surface area contributed by atoms with Crippen molar-refractivity contribution in [3.05, 3.63) is 0 Å². The number of likely N-dealkylation sites (tertiary alicyclic amines) is 1. The van der Waals surface area contributed by atoms with Gasteiger partial charge >= 0.3 is 0 Å². The average molecular weight is 225 g/mol. The zero-order valence-electron chi connectivity index (χ0n) is 10.4.